The van der Waals surface area contributed by atoms with Crippen LogP contribution in [-0.4, -0.2) is 12.2 Å². The molecule has 3 nitrogen and oxygen atoms in total. The maximum Gasteiger partial charge on any atom is 0.120 e. The quantitative estimate of drug-likeness (QED) is 0.709. The predicted octanol–water partition coefficient (Wildman–Crippen LogP) is 1.06. The molecule has 0 aliphatic carbocycles. The molecular formula is C9H9NO2. The lowest BCUT2D eigenvalue weighted by molar-refractivity contribution is 0.281. The first kappa shape index (κ1) is 8.57. The van der Waals surface area contributed by atoms with E-state index in [1.54, 1.807) is 18.2 Å². The van der Waals surface area contributed by atoms with Crippen LogP contribution < -0.4 is 4.74 Å². The van der Waals surface area contributed by atoms with Crippen molar-refractivity contribution >= 4 is 0 Å². The summed E-state index contributed by atoms with van der Waals surface area (Å²) in [5.74, 6) is 0.595. The van der Waals surface area contributed by atoms with Gasteiger partial charge in [-0.05, 0) is 23.8 Å². The predicted molar refractivity (Wildman–Crippen MR) is 43.6 cm³/mol. The SMILES string of the molecule is COc1cc(C#N)cc(CO)c1. The van der Waals surface area contributed by atoms with Crippen LogP contribution in [0.3, 0.4) is 0 Å². The van der Waals surface area contributed by atoms with Crippen LogP contribution in [0.5, 0.6) is 5.75 Å². The minimum atomic E-state index is -0.0775. The van der Waals surface area contributed by atoms with Crippen LogP contribution >= 0.6 is 0 Å². The molecule has 0 aliphatic rings. The lowest BCUT2D eigenvalue weighted by Gasteiger charge is -2.02. The summed E-state index contributed by atoms with van der Waals surface area (Å²) < 4.78 is 4.94. The van der Waals surface area contributed by atoms with Gasteiger partial charge in [-0.3, -0.25) is 0 Å². The van der Waals surface area contributed by atoms with Gasteiger partial charge in [0.1, 0.15) is 5.75 Å². The molecule has 3 heteroatoms. The van der Waals surface area contributed by atoms with Crippen LogP contribution in [0.15, 0.2) is 18.2 Å². The molecule has 0 atom stereocenters. The normalized spacial score (nSPS) is 9.08. The van der Waals surface area contributed by atoms with E-state index < -0.39 is 0 Å². The lowest BCUT2D eigenvalue weighted by atomic mass is 10.1. The molecule has 0 fully saturated rings. The zero-order chi connectivity index (χ0) is 8.97. The fraction of sp³-hybridized carbons (Fsp3) is 0.222. The van der Waals surface area contributed by atoms with E-state index >= 15 is 0 Å². The largest absolute Gasteiger partial charge is 0.497 e. The van der Waals surface area contributed by atoms with Gasteiger partial charge < -0.3 is 9.84 Å². The molecule has 0 amide bonds. The van der Waals surface area contributed by atoms with Crippen molar-refractivity contribution in [2.45, 2.75) is 6.61 Å². The summed E-state index contributed by atoms with van der Waals surface area (Å²) in [6.45, 7) is -0.0775. The van der Waals surface area contributed by atoms with Crippen molar-refractivity contribution in [3.63, 3.8) is 0 Å². The van der Waals surface area contributed by atoms with Gasteiger partial charge in [0.15, 0.2) is 0 Å². The number of ether oxygens (including phenoxy) is 1. The second-order valence-electron chi connectivity index (χ2n) is 2.34. The molecule has 1 N–H and O–H groups in total. The summed E-state index contributed by atoms with van der Waals surface area (Å²) in [5.41, 5.74) is 1.18. The molecule has 0 aromatic heterocycles. The van der Waals surface area contributed by atoms with E-state index in [4.69, 9.17) is 15.1 Å². The van der Waals surface area contributed by atoms with E-state index in [1.165, 1.54) is 7.11 Å². The third-order valence-electron chi connectivity index (χ3n) is 1.51. The fourth-order valence-electron chi connectivity index (χ4n) is 0.934. The molecule has 1 aromatic rings. The van der Waals surface area contributed by atoms with Crippen molar-refractivity contribution < 1.29 is 9.84 Å². The summed E-state index contributed by atoms with van der Waals surface area (Å²) >= 11 is 0. The first-order valence-electron chi connectivity index (χ1n) is 3.49. The number of hydrogen-bond donors (Lipinski definition) is 1. The fourth-order valence-corrected chi connectivity index (χ4v) is 0.934. The maximum atomic E-state index is 8.81. The second-order valence-corrected chi connectivity index (χ2v) is 2.34. The summed E-state index contributed by atoms with van der Waals surface area (Å²) in [6.07, 6.45) is 0. The number of hydrogen-bond acceptors (Lipinski definition) is 3. The number of aliphatic hydroxyl groups is 1. The molecule has 0 heterocycles. The van der Waals surface area contributed by atoms with Gasteiger partial charge in [-0.25, -0.2) is 0 Å². The van der Waals surface area contributed by atoms with Gasteiger partial charge in [-0.15, -0.1) is 0 Å². The zero-order valence-corrected chi connectivity index (χ0v) is 6.74. The maximum absolute atomic E-state index is 8.81. The number of benzene rings is 1. The Morgan fingerprint density at radius 1 is 1.50 bits per heavy atom. The zero-order valence-electron chi connectivity index (χ0n) is 6.74. The molecule has 12 heavy (non-hydrogen) atoms. The Morgan fingerprint density at radius 2 is 2.25 bits per heavy atom. The van der Waals surface area contributed by atoms with E-state index in [2.05, 4.69) is 0 Å². The molecular weight excluding hydrogens is 154 g/mol. The van der Waals surface area contributed by atoms with Crippen LogP contribution in [0, 0.1) is 11.3 Å². The lowest BCUT2D eigenvalue weighted by Crippen LogP contribution is -1.89. The molecule has 1 rings (SSSR count). The Morgan fingerprint density at radius 3 is 2.75 bits per heavy atom. The summed E-state index contributed by atoms with van der Waals surface area (Å²) in [7, 11) is 1.53. The molecule has 1 aromatic carbocycles. The average Bonchev–Trinajstić information content (AvgIpc) is 2.16. The monoisotopic (exact) mass is 163 g/mol. The second kappa shape index (κ2) is 3.74. The third-order valence-corrected chi connectivity index (χ3v) is 1.51. The van der Waals surface area contributed by atoms with Crippen molar-refractivity contribution in [3.05, 3.63) is 29.3 Å². The molecule has 0 saturated carbocycles. The van der Waals surface area contributed by atoms with Crippen LogP contribution in [0.4, 0.5) is 0 Å². The Kier molecular flexibility index (Phi) is 2.67. The van der Waals surface area contributed by atoms with Gasteiger partial charge in [0.05, 0.1) is 25.3 Å². The molecule has 0 unspecified atom stereocenters. The molecule has 0 saturated heterocycles. The van der Waals surface area contributed by atoms with Gasteiger partial charge in [-0.2, -0.15) is 5.26 Å². The Balaban J connectivity index is 3.12. The van der Waals surface area contributed by atoms with Crippen molar-refractivity contribution in [3.8, 4) is 11.8 Å². The highest BCUT2D eigenvalue weighted by atomic mass is 16.5. The summed E-state index contributed by atoms with van der Waals surface area (Å²) in [4.78, 5) is 0. The van der Waals surface area contributed by atoms with Crippen molar-refractivity contribution in [1.29, 1.82) is 5.26 Å². The van der Waals surface area contributed by atoms with Gasteiger partial charge in [0.25, 0.3) is 0 Å². The van der Waals surface area contributed by atoms with Gasteiger partial charge in [-0.1, -0.05) is 0 Å². The molecule has 62 valence electrons. The average molecular weight is 163 g/mol. The minimum Gasteiger partial charge on any atom is -0.497 e. The summed E-state index contributed by atoms with van der Waals surface area (Å²) in [6, 6.07) is 6.93. The first-order valence-corrected chi connectivity index (χ1v) is 3.49. The molecule has 0 spiro atoms. The van der Waals surface area contributed by atoms with E-state index in [1.807, 2.05) is 6.07 Å². The number of rotatable bonds is 2. The molecule has 0 aliphatic heterocycles. The van der Waals surface area contributed by atoms with E-state index in [0.717, 1.165) is 0 Å². The Hall–Kier alpha value is -1.53. The van der Waals surface area contributed by atoms with Crippen molar-refractivity contribution in [2.24, 2.45) is 0 Å². The highest BCUT2D eigenvalue weighted by Crippen LogP contribution is 2.16. The third kappa shape index (κ3) is 1.74. The highest BCUT2D eigenvalue weighted by molar-refractivity contribution is 5.40. The topological polar surface area (TPSA) is 53.2 Å². The highest BCUT2D eigenvalue weighted by Gasteiger charge is 1.98. The number of nitrogens with zero attached hydrogens (tertiary/aromatic N) is 1. The van der Waals surface area contributed by atoms with Crippen LogP contribution in [0.25, 0.3) is 0 Å². The van der Waals surface area contributed by atoms with Crippen LogP contribution in [-0.2, 0) is 6.61 Å². The Labute approximate surface area is 70.8 Å². The molecule has 0 bridgehead atoms. The molecule has 0 radical (unpaired) electrons. The smallest absolute Gasteiger partial charge is 0.120 e. The number of nitriles is 1. The standard InChI is InChI=1S/C9H9NO2/c1-12-9-3-7(5-10)2-8(4-9)6-11/h2-4,11H,6H2,1H3. The van der Waals surface area contributed by atoms with Gasteiger partial charge >= 0.3 is 0 Å². The number of aliphatic hydroxyl groups excluding tert-OH is 1. The van der Waals surface area contributed by atoms with Gasteiger partial charge in [0.2, 0.25) is 0 Å². The van der Waals surface area contributed by atoms with Crippen LogP contribution in [0.2, 0.25) is 0 Å². The van der Waals surface area contributed by atoms with E-state index in [0.29, 0.717) is 16.9 Å². The number of methoxy groups -OCH3 is 1. The minimum absolute atomic E-state index is 0.0775. The van der Waals surface area contributed by atoms with E-state index in [-0.39, 0.29) is 6.61 Å². The first-order chi connectivity index (χ1) is 5.80. The Bertz CT molecular complexity index is 293. The van der Waals surface area contributed by atoms with E-state index in [9.17, 15) is 0 Å². The summed E-state index contributed by atoms with van der Waals surface area (Å²) in [5, 5.41) is 17.4. The van der Waals surface area contributed by atoms with Gasteiger partial charge in [0, 0.05) is 0 Å². The van der Waals surface area contributed by atoms with Crippen LogP contribution in [0.1, 0.15) is 11.1 Å². The van der Waals surface area contributed by atoms with Crippen molar-refractivity contribution in [2.75, 3.05) is 7.11 Å². The van der Waals surface area contributed by atoms with Crippen molar-refractivity contribution in [1.82, 2.24) is 0 Å².